The summed E-state index contributed by atoms with van der Waals surface area (Å²) in [5.74, 6) is -1.81. The zero-order valence-corrected chi connectivity index (χ0v) is 29.4. The number of piperidine rings is 1. The number of aromatic amines is 1. The number of aliphatic carboxylic acids is 1. The molecule has 2 heterocycles. The van der Waals surface area contributed by atoms with E-state index in [9.17, 15) is 39.6 Å². The molecule has 0 spiro atoms. The van der Waals surface area contributed by atoms with E-state index in [1.807, 2.05) is 12.1 Å². The molecular weight excluding hydrogens is 692 g/mol. The first kappa shape index (κ1) is 37.7. The molecule has 0 radical (unpaired) electrons. The van der Waals surface area contributed by atoms with Gasteiger partial charge in [-0.25, -0.2) is 4.79 Å². The number of hydrogen-bond acceptors (Lipinski definition) is 9. The predicted molar refractivity (Wildman–Crippen MR) is 200 cm³/mol. The van der Waals surface area contributed by atoms with Crippen LogP contribution in [0.1, 0.15) is 51.6 Å². The second-order valence-corrected chi connectivity index (χ2v) is 13.3. The second-order valence-electron chi connectivity index (χ2n) is 13.3. The second kappa shape index (κ2) is 16.8. The van der Waals surface area contributed by atoms with Gasteiger partial charge in [-0.1, -0.05) is 60.7 Å². The van der Waals surface area contributed by atoms with Crippen molar-refractivity contribution in [2.45, 2.75) is 37.0 Å². The molecule has 2 unspecified atom stereocenters. The number of ether oxygens (including phenoxy) is 1. The molecule has 54 heavy (non-hydrogen) atoms. The number of nitrogens with one attached hydrogen (secondary N) is 3. The first-order valence-electron chi connectivity index (χ1n) is 17.7. The number of phenolic OH excluding ortho intramolecular Hbond substituents is 1. The number of carboxylic acid groups (broad SMARTS) is 1. The van der Waals surface area contributed by atoms with Gasteiger partial charge in [-0.15, -0.1) is 0 Å². The average Bonchev–Trinajstić information content (AvgIpc) is 3.19. The molecule has 1 aliphatic heterocycles. The molecule has 1 aliphatic rings. The van der Waals surface area contributed by atoms with Crippen LogP contribution in [0.15, 0.2) is 108 Å². The van der Waals surface area contributed by atoms with E-state index >= 15 is 0 Å². The quantitative estimate of drug-likeness (QED) is 0.0831. The summed E-state index contributed by atoms with van der Waals surface area (Å²) in [6.45, 7) is 1.34. The van der Waals surface area contributed by atoms with Crippen molar-refractivity contribution < 1.29 is 39.5 Å². The summed E-state index contributed by atoms with van der Waals surface area (Å²) < 4.78 is 5.74. The molecule has 1 saturated heterocycles. The summed E-state index contributed by atoms with van der Waals surface area (Å²) >= 11 is 0. The van der Waals surface area contributed by atoms with E-state index in [4.69, 9.17) is 4.74 Å². The lowest BCUT2D eigenvalue weighted by molar-refractivity contribution is -0.155. The largest absolute Gasteiger partial charge is 0.506 e. The van der Waals surface area contributed by atoms with Gasteiger partial charge in [0.2, 0.25) is 11.2 Å². The number of hydrogen-bond donors (Lipinski definition) is 7. The number of phenols is 1. The fourth-order valence-electron chi connectivity index (χ4n) is 6.68. The SMILES string of the molecule is O=C(N[C@H]1CCCN(C(=O)COc2cccc(C(O)(C(=O)O)c3ccccc3)c2)C1)c1ccc(CCNCC(O)c2ccc(O)c3[nH]c(=O)ccc23)cc1. The molecule has 7 N–H and O–H groups in total. The third-order valence-corrected chi connectivity index (χ3v) is 9.63. The van der Waals surface area contributed by atoms with Crippen LogP contribution in [0.25, 0.3) is 10.9 Å². The Bertz CT molecular complexity index is 2170. The minimum Gasteiger partial charge on any atom is -0.506 e. The lowest BCUT2D eigenvalue weighted by Crippen LogP contribution is -2.50. The molecule has 2 amide bonds. The van der Waals surface area contributed by atoms with Gasteiger partial charge in [0.05, 0.1) is 11.6 Å². The lowest BCUT2D eigenvalue weighted by Gasteiger charge is -2.33. The Labute approximate surface area is 310 Å². The zero-order valence-electron chi connectivity index (χ0n) is 29.4. The molecular formula is C41H42N4O9. The van der Waals surface area contributed by atoms with Crippen molar-refractivity contribution in [3.05, 3.63) is 141 Å². The molecule has 4 aromatic carbocycles. The molecule has 0 aliphatic carbocycles. The van der Waals surface area contributed by atoms with E-state index in [-0.39, 0.29) is 64.7 Å². The number of fused-ring (bicyclic) bond motifs is 1. The van der Waals surface area contributed by atoms with Crippen molar-refractivity contribution in [3.63, 3.8) is 0 Å². The van der Waals surface area contributed by atoms with E-state index in [0.29, 0.717) is 55.4 Å². The third kappa shape index (κ3) is 8.60. The maximum absolute atomic E-state index is 13.1. The van der Waals surface area contributed by atoms with Crippen molar-refractivity contribution >= 4 is 28.7 Å². The van der Waals surface area contributed by atoms with Gasteiger partial charge in [-0.3, -0.25) is 14.4 Å². The van der Waals surface area contributed by atoms with Crippen LogP contribution in [0, 0.1) is 0 Å². The Hall–Kier alpha value is -6.02. The minimum absolute atomic E-state index is 0.0676. The molecule has 0 bridgehead atoms. The van der Waals surface area contributed by atoms with Crippen LogP contribution in [0.4, 0.5) is 0 Å². The lowest BCUT2D eigenvalue weighted by atomic mass is 9.86. The highest BCUT2D eigenvalue weighted by molar-refractivity contribution is 5.94. The number of carbonyl (C=O) groups excluding carboxylic acids is 2. The fraction of sp³-hybridized carbons (Fsp3) is 0.268. The number of amides is 2. The highest BCUT2D eigenvalue weighted by atomic mass is 16.5. The number of aliphatic hydroxyl groups excluding tert-OH is 1. The van der Waals surface area contributed by atoms with E-state index < -0.39 is 17.7 Å². The van der Waals surface area contributed by atoms with Crippen molar-refractivity contribution in [2.24, 2.45) is 0 Å². The average molecular weight is 735 g/mol. The highest BCUT2D eigenvalue weighted by Gasteiger charge is 2.40. The smallest absolute Gasteiger partial charge is 0.345 e. The Morgan fingerprint density at radius 3 is 2.46 bits per heavy atom. The van der Waals surface area contributed by atoms with Gasteiger partial charge in [0, 0.05) is 48.3 Å². The third-order valence-electron chi connectivity index (χ3n) is 9.63. The van der Waals surface area contributed by atoms with Crippen molar-refractivity contribution in [1.82, 2.24) is 20.5 Å². The number of benzene rings is 4. The van der Waals surface area contributed by atoms with Crippen molar-refractivity contribution in [1.29, 1.82) is 0 Å². The van der Waals surface area contributed by atoms with Crippen LogP contribution in [-0.4, -0.2) is 86.9 Å². The summed E-state index contributed by atoms with van der Waals surface area (Å²) in [5.41, 5.74) is -0.0222. The molecule has 6 rings (SSSR count). The van der Waals surface area contributed by atoms with Gasteiger partial charge in [-0.2, -0.15) is 0 Å². The predicted octanol–water partition coefficient (Wildman–Crippen LogP) is 3.22. The zero-order chi connectivity index (χ0) is 38.2. The number of H-pyrrole nitrogens is 1. The maximum atomic E-state index is 13.1. The first-order valence-corrected chi connectivity index (χ1v) is 17.7. The normalized spacial score (nSPS) is 16.0. The van der Waals surface area contributed by atoms with Gasteiger partial charge < -0.3 is 45.7 Å². The molecule has 13 nitrogen and oxygen atoms in total. The molecule has 5 aromatic rings. The topological polar surface area (TPSA) is 202 Å². The number of carbonyl (C=O) groups is 3. The monoisotopic (exact) mass is 734 g/mol. The van der Waals surface area contributed by atoms with Gasteiger partial charge in [0.1, 0.15) is 11.5 Å². The van der Waals surface area contributed by atoms with Crippen molar-refractivity contribution in [2.75, 3.05) is 32.8 Å². The summed E-state index contributed by atoms with van der Waals surface area (Å²) in [5, 5.41) is 48.8. The standard InChI is InChI=1S/C41H42N4O9/c46-34-17-15-32(33-16-18-36(48)44-38(33)34)35(47)23-42-20-19-26-11-13-27(14-12-26)39(50)43-30-9-5-21-45(24-30)37(49)25-54-31-10-4-8-29(22-31)41(53,40(51)52)28-6-2-1-3-7-28/h1-4,6-8,10-18,22,30,35,42,46-47,53H,5,9,19-21,23-25H2,(H,43,50)(H,44,48)(H,51,52)/t30-,35?,41?/m0/s1. The number of aromatic hydroxyl groups is 1. The Balaban J connectivity index is 0.958. The van der Waals surface area contributed by atoms with Crippen LogP contribution in [0.5, 0.6) is 11.5 Å². The summed E-state index contributed by atoms with van der Waals surface area (Å²) in [4.78, 5) is 54.3. The van der Waals surface area contributed by atoms with Gasteiger partial charge >= 0.3 is 5.97 Å². The van der Waals surface area contributed by atoms with E-state index in [1.165, 1.54) is 36.4 Å². The Morgan fingerprint density at radius 2 is 1.70 bits per heavy atom. The van der Waals surface area contributed by atoms with Crippen LogP contribution in [0.3, 0.4) is 0 Å². The van der Waals surface area contributed by atoms with Gasteiger partial charge in [-0.05, 0) is 78.9 Å². The number of aromatic nitrogens is 1. The molecule has 3 atom stereocenters. The van der Waals surface area contributed by atoms with E-state index in [0.717, 1.165) is 5.56 Å². The van der Waals surface area contributed by atoms with Gasteiger partial charge in [0.25, 0.3) is 11.8 Å². The molecule has 0 saturated carbocycles. The van der Waals surface area contributed by atoms with Crippen LogP contribution in [-0.2, 0) is 21.6 Å². The first-order chi connectivity index (χ1) is 26.0. The molecule has 280 valence electrons. The number of nitrogens with zero attached hydrogens (tertiary/aromatic N) is 1. The van der Waals surface area contributed by atoms with Gasteiger partial charge in [0.15, 0.2) is 6.61 Å². The number of pyridine rings is 1. The number of aliphatic hydroxyl groups is 2. The Morgan fingerprint density at radius 1 is 0.944 bits per heavy atom. The number of likely N-dealkylation sites (tertiary alicyclic amines) is 1. The Kier molecular flexibility index (Phi) is 11.7. The highest BCUT2D eigenvalue weighted by Crippen LogP contribution is 2.32. The molecule has 1 aromatic heterocycles. The van der Waals surface area contributed by atoms with Crippen LogP contribution < -0.4 is 20.9 Å². The van der Waals surface area contributed by atoms with Crippen LogP contribution >= 0.6 is 0 Å². The molecule has 1 fully saturated rings. The fourth-order valence-corrected chi connectivity index (χ4v) is 6.68. The summed E-state index contributed by atoms with van der Waals surface area (Å²) in [7, 11) is 0. The van der Waals surface area contributed by atoms with Crippen molar-refractivity contribution in [3.8, 4) is 11.5 Å². The summed E-state index contributed by atoms with van der Waals surface area (Å²) in [6.07, 6.45) is 1.18. The van der Waals surface area contributed by atoms with Crippen LogP contribution in [0.2, 0.25) is 0 Å². The number of rotatable bonds is 14. The number of carboxylic acids is 1. The minimum atomic E-state index is -2.30. The summed E-state index contributed by atoms with van der Waals surface area (Å²) in [6, 6.07) is 27.1. The maximum Gasteiger partial charge on any atom is 0.345 e. The molecule has 13 heteroatoms. The van der Waals surface area contributed by atoms with E-state index in [1.54, 1.807) is 59.5 Å². The van der Waals surface area contributed by atoms with E-state index in [2.05, 4.69) is 15.6 Å².